The number of carbonyl (C=O) groups is 4. The second-order valence-electron chi connectivity index (χ2n) is 6.05. The molecule has 0 bridgehead atoms. The lowest BCUT2D eigenvalue weighted by molar-refractivity contribution is -0.139. The first-order valence-electron chi connectivity index (χ1n) is 9.58. The lowest BCUT2D eigenvalue weighted by Gasteiger charge is -2.06. The Labute approximate surface area is 196 Å². The molecule has 0 aromatic heterocycles. The molecule has 18 nitrogen and oxygen atoms in total. The van der Waals surface area contributed by atoms with Crippen molar-refractivity contribution in [1.82, 2.24) is 10.6 Å². The number of carboxylic acid groups (broad SMARTS) is 4. The third kappa shape index (κ3) is 42.4. The molecule has 0 aromatic carbocycles. The third-order valence-electron chi connectivity index (χ3n) is 3.00. The van der Waals surface area contributed by atoms with Gasteiger partial charge in [-0.15, -0.1) is 0 Å². The van der Waals surface area contributed by atoms with Crippen molar-refractivity contribution in [3.8, 4) is 0 Å². The van der Waals surface area contributed by atoms with Crippen LogP contribution in [0.3, 0.4) is 0 Å². The second kappa shape index (κ2) is 25.5. The Morgan fingerprint density at radius 2 is 0.912 bits per heavy atom. The van der Waals surface area contributed by atoms with Crippen molar-refractivity contribution in [2.45, 2.75) is 37.8 Å². The summed E-state index contributed by atoms with van der Waals surface area (Å²) in [5.74, 6) is -4.16. The van der Waals surface area contributed by atoms with Crippen molar-refractivity contribution in [3.63, 3.8) is 0 Å². The van der Waals surface area contributed by atoms with E-state index >= 15 is 0 Å². The zero-order valence-corrected chi connectivity index (χ0v) is 18.7. The molecule has 34 heavy (non-hydrogen) atoms. The van der Waals surface area contributed by atoms with E-state index in [2.05, 4.69) is 22.1 Å². The van der Waals surface area contributed by atoms with Gasteiger partial charge in [-0.3, -0.25) is 30.0 Å². The minimum absolute atomic E-state index is 0.112. The summed E-state index contributed by atoms with van der Waals surface area (Å²) >= 11 is 0. The summed E-state index contributed by atoms with van der Waals surface area (Å²) in [6.07, 6.45) is 1.95. The smallest absolute Gasteiger partial charge is 0.320 e. The van der Waals surface area contributed by atoms with Crippen LogP contribution < -0.4 is 45.0 Å². The van der Waals surface area contributed by atoms with Gasteiger partial charge >= 0.3 is 23.9 Å². The molecule has 0 aliphatic rings. The fourth-order valence-electron chi connectivity index (χ4n) is 1.34. The second-order valence-corrected chi connectivity index (χ2v) is 6.05. The van der Waals surface area contributed by atoms with Gasteiger partial charge in [0, 0.05) is 13.1 Å². The highest BCUT2D eigenvalue weighted by Gasteiger charge is 2.10. The topological polar surface area (TPSA) is 377 Å². The normalized spacial score (nSPS) is 10.7. The lowest BCUT2D eigenvalue weighted by atomic mass is 10.2. The van der Waals surface area contributed by atoms with Crippen molar-refractivity contribution in [2.75, 3.05) is 26.2 Å². The van der Waals surface area contributed by atoms with Gasteiger partial charge in [0.1, 0.15) is 12.1 Å². The van der Waals surface area contributed by atoms with E-state index in [-0.39, 0.29) is 25.0 Å². The summed E-state index contributed by atoms with van der Waals surface area (Å²) in [7, 11) is 0. The monoisotopic (exact) mass is 498 g/mol. The minimum atomic E-state index is -1.00. The highest BCUT2D eigenvalue weighted by Crippen LogP contribution is 1.93. The molecule has 0 radical (unpaired) electrons. The Bertz CT molecular complexity index is 569. The SMILES string of the molecule is N=C(N)NCCC[C@H](N)C(=O)O.N=C(N)NCCC[C@H](N)C(=O)O.NCC(=O)O.NCC(=O)O. The summed E-state index contributed by atoms with van der Waals surface area (Å²) in [6, 6.07) is -1.64. The van der Waals surface area contributed by atoms with E-state index in [9.17, 15) is 19.2 Å². The average Bonchev–Trinajstić information content (AvgIpc) is 2.74. The zero-order valence-electron chi connectivity index (χ0n) is 18.7. The molecule has 0 unspecified atom stereocenters. The minimum Gasteiger partial charge on any atom is -0.480 e. The maximum atomic E-state index is 10.2. The maximum Gasteiger partial charge on any atom is 0.320 e. The van der Waals surface area contributed by atoms with Crippen LogP contribution in [0.5, 0.6) is 0 Å². The Hall–Kier alpha value is -3.74. The molecule has 0 rings (SSSR count). The van der Waals surface area contributed by atoms with E-state index in [1.54, 1.807) is 0 Å². The van der Waals surface area contributed by atoms with Crippen LogP contribution in [0.4, 0.5) is 0 Å². The first-order chi connectivity index (χ1) is 15.6. The van der Waals surface area contributed by atoms with Crippen LogP contribution in [0.1, 0.15) is 25.7 Å². The Kier molecular flexibility index (Phi) is 28.2. The molecule has 20 N–H and O–H groups in total. The summed E-state index contributed by atoms with van der Waals surface area (Å²) in [5.41, 5.74) is 29.6. The van der Waals surface area contributed by atoms with Gasteiger partial charge in [0.05, 0.1) is 13.1 Å². The molecule has 0 saturated carbocycles. The maximum absolute atomic E-state index is 10.2. The van der Waals surface area contributed by atoms with E-state index in [1.807, 2.05) is 0 Å². The highest BCUT2D eigenvalue weighted by molar-refractivity contribution is 5.75. The number of nitrogens with one attached hydrogen (secondary N) is 4. The van der Waals surface area contributed by atoms with Gasteiger partial charge in [0.2, 0.25) is 0 Å². The van der Waals surface area contributed by atoms with Crippen molar-refractivity contribution < 1.29 is 39.6 Å². The molecule has 0 fully saturated rings. The Morgan fingerprint density at radius 1 is 0.676 bits per heavy atom. The standard InChI is InChI=1S/2C6H14N4O2.2C2H5NO2/c2*7-4(5(11)12)2-1-3-10-6(8)9;2*3-1-2(4)5/h2*4H,1-3,7H2,(H,11,12)(H4,8,9,10);2*1,3H2,(H,4,5)/t2*4-;;/m00../s1. The average molecular weight is 499 g/mol. The van der Waals surface area contributed by atoms with Crippen LogP contribution in [-0.4, -0.2) is 94.5 Å². The van der Waals surface area contributed by atoms with Gasteiger partial charge in [-0.1, -0.05) is 0 Å². The molecule has 0 aliphatic heterocycles. The van der Waals surface area contributed by atoms with Crippen molar-refractivity contribution in [1.29, 1.82) is 10.8 Å². The van der Waals surface area contributed by atoms with Gasteiger partial charge in [0.15, 0.2) is 11.9 Å². The van der Waals surface area contributed by atoms with Crippen LogP contribution in [0.25, 0.3) is 0 Å². The largest absolute Gasteiger partial charge is 0.480 e. The number of nitrogens with two attached hydrogens (primary N) is 6. The molecule has 0 spiro atoms. The summed E-state index contributed by atoms with van der Waals surface area (Å²) < 4.78 is 0. The summed E-state index contributed by atoms with van der Waals surface area (Å²) in [6.45, 7) is 0.409. The fourth-order valence-corrected chi connectivity index (χ4v) is 1.34. The Morgan fingerprint density at radius 3 is 1.06 bits per heavy atom. The van der Waals surface area contributed by atoms with Crippen LogP contribution in [0.15, 0.2) is 0 Å². The molecule has 0 aliphatic carbocycles. The van der Waals surface area contributed by atoms with Crippen LogP contribution >= 0.6 is 0 Å². The third-order valence-corrected chi connectivity index (χ3v) is 3.00. The molecular formula is C16H38N10O8. The number of guanidine groups is 2. The van der Waals surface area contributed by atoms with Gasteiger partial charge in [-0.25, -0.2) is 0 Å². The van der Waals surface area contributed by atoms with E-state index < -0.39 is 36.0 Å². The predicted octanol–water partition coefficient (Wildman–Crippen LogP) is -4.62. The number of carboxylic acids is 4. The molecule has 0 amide bonds. The number of hydrogen-bond donors (Lipinski definition) is 14. The summed E-state index contributed by atoms with van der Waals surface area (Å²) in [4.78, 5) is 38.9. The van der Waals surface area contributed by atoms with Gasteiger partial charge in [-0.05, 0) is 25.7 Å². The van der Waals surface area contributed by atoms with E-state index in [1.165, 1.54) is 0 Å². The molecule has 200 valence electrons. The predicted molar refractivity (Wildman–Crippen MR) is 123 cm³/mol. The molecular weight excluding hydrogens is 460 g/mol. The highest BCUT2D eigenvalue weighted by atomic mass is 16.4. The number of hydrogen-bond acceptors (Lipinski definition) is 10. The quantitative estimate of drug-likeness (QED) is 0.0682. The van der Waals surface area contributed by atoms with E-state index in [0.29, 0.717) is 38.8 Å². The molecule has 2 atom stereocenters. The van der Waals surface area contributed by atoms with E-state index in [4.69, 9.17) is 54.2 Å². The molecule has 0 aromatic rings. The molecule has 0 heterocycles. The van der Waals surface area contributed by atoms with Crippen LogP contribution in [-0.2, 0) is 19.2 Å². The zero-order chi connectivity index (χ0) is 27.7. The summed E-state index contributed by atoms with van der Waals surface area (Å²) in [5, 5.41) is 50.6. The van der Waals surface area contributed by atoms with Crippen LogP contribution in [0.2, 0.25) is 0 Å². The Balaban J connectivity index is -0.000000191. The number of aliphatic carboxylic acids is 4. The van der Waals surface area contributed by atoms with Gasteiger partial charge in [-0.2, -0.15) is 0 Å². The number of rotatable bonds is 12. The van der Waals surface area contributed by atoms with Gasteiger partial charge < -0.3 is 65.5 Å². The molecule has 0 saturated heterocycles. The van der Waals surface area contributed by atoms with Gasteiger partial charge in [0.25, 0.3) is 0 Å². The molecule has 18 heteroatoms. The van der Waals surface area contributed by atoms with Crippen molar-refractivity contribution in [2.24, 2.45) is 34.4 Å². The fraction of sp³-hybridized carbons (Fsp3) is 0.625. The van der Waals surface area contributed by atoms with Crippen molar-refractivity contribution >= 4 is 35.8 Å². The lowest BCUT2D eigenvalue weighted by Crippen LogP contribution is -2.34. The van der Waals surface area contributed by atoms with Crippen molar-refractivity contribution in [3.05, 3.63) is 0 Å². The van der Waals surface area contributed by atoms with E-state index in [0.717, 1.165) is 0 Å². The van der Waals surface area contributed by atoms with Crippen LogP contribution in [0, 0.1) is 10.8 Å². The first-order valence-corrected chi connectivity index (χ1v) is 9.58. The first kappa shape index (κ1) is 37.6.